The van der Waals surface area contributed by atoms with Gasteiger partial charge in [0.2, 0.25) is 11.7 Å². The smallest absolute Gasteiger partial charge is 0.355 e. The van der Waals surface area contributed by atoms with Crippen LogP contribution in [0.15, 0.2) is 22.9 Å². The van der Waals surface area contributed by atoms with Crippen LogP contribution in [0.4, 0.5) is 13.2 Å². The predicted octanol–water partition coefficient (Wildman–Crippen LogP) is 1.91. The number of alkyl halides is 3. The van der Waals surface area contributed by atoms with Crippen LogP contribution in [0.2, 0.25) is 0 Å². The Morgan fingerprint density at radius 2 is 2.16 bits per heavy atom. The Morgan fingerprint density at radius 3 is 2.84 bits per heavy atom. The van der Waals surface area contributed by atoms with Gasteiger partial charge < -0.3 is 15.2 Å². The van der Waals surface area contributed by atoms with E-state index in [1.54, 1.807) is 12.1 Å². The van der Waals surface area contributed by atoms with Crippen molar-refractivity contribution in [2.24, 2.45) is 0 Å². The number of amides is 1. The van der Waals surface area contributed by atoms with E-state index in [1.165, 1.54) is 6.20 Å². The van der Waals surface area contributed by atoms with E-state index >= 15 is 0 Å². The van der Waals surface area contributed by atoms with Crippen molar-refractivity contribution in [1.29, 1.82) is 0 Å². The molecule has 1 saturated heterocycles. The topological polar surface area (TPSA) is 92.9 Å². The van der Waals surface area contributed by atoms with E-state index in [-0.39, 0.29) is 17.8 Å². The fourth-order valence-electron chi connectivity index (χ4n) is 2.48. The minimum atomic E-state index is -4.68. The molecule has 1 aliphatic rings. The number of pyridine rings is 1. The monoisotopic (exact) mass is 355 g/mol. The first-order chi connectivity index (χ1) is 11.9. The van der Waals surface area contributed by atoms with Gasteiger partial charge in [-0.05, 0) is 31.4 Å². The lowest BCUT2D eigenvalue weighted by Gasteiger charge is -2.14. The van der Waals surface area contributed by atoms with E-state index < -0.39 is 12.1 Å². The SMILES string of the molecule is O=C1NCCCCC1NCc1ccc(-c2noc(C(F)(F)F)n2)cn1. The number of carbonyl (C=O) groups excluding carboxylic acids is 1. The quantitative estimate of drug-likeness (QED) is 0.870. The fourth-order valence-corrected chi connectivity index (χ4v) is 2.48. The van der Waals surface area contributed by atoms with Crippen LogP contribution in [-0.4, -0.2) is 33.6 Å². The third kappa shape index (κ3) is 4.32. The summed E-state index contributed by atoms with van der Waals surface area (Å²) in [6.45, 7) is 1.06. The molecule has 3 heterocycles. The Labute approximate surface area is 141 Å². The molecule has 0 aromatic carbocycles. The zero-order valence-corrected chi connectivity index (χ0v) is 13.1. The normalized spacial score (nSPS) is 18.7. The molecule has 0 spiro atoms. The molecule has 1 amide bonds. The van der Waals surface area contributed by atoms with Gasteiger partial charge in [-0.2, -0.15) is 18.2 Å². The molecule has 25 heavy (non-hydrogen) atoms. The lowest BCUT2D eigenvalue weighted by Crippen LogP contribution is -2.42. The van der Waals surface area contributed by atoms with Crippen LogP contribution in [-0.2, 0) is 17.5 Å². The van der Waals surface area contributed by atoms with Gasteiger partial charge >= 0.3 is 12.1 Å². The van der Waals surface area contributed by atoms with Crippen LogP contribution in [0.1, 0.15) is 30.8 Å². The summed E-state index contributed by atoms with van der Waals surface area (Å²) in [5.41, 5.74) is 0.968. The van der Waals surface area contributed by atoms with Crippen molar-refractivity contribution in [3.8, 4) is 11.4 Å². The maximum atomic E-state index is 12.5. The summed E-state index contributed by atoms with van der Waals surface area (Å²) in [5.74, 6) is -1.60. The maximum absolute atomic E-state index is 12.5. The zero-order chi connectivity index (χ0) is 17.9. The lowest BCUT2D eigenvalue weighted by molar-refractivity contribution is -0.159. The first-order valence-electron chi connectivity index (χ1n) is 7.81. The van der Waals surface area contributed by atoms with Crippen LogP contribution in [0.5, 0.6) is 0 Å². The summed E-state index contributed by atoms with van der Waals surface area (Å²) in [6.07, 6.45) is -0.631. The minimum Gasteiger partial charge on any atom is -0.355 e. The summed E-state index contributed by atoms with van der Waals surface area (Å²) in [7, 11) is 0. The molecule has 1 aliphatic heterocycles. The first-order valence-corrected chi connectivity index (χ1v) is 7.81. The molecule has 2 N–H and O–H groups in total. The highest BCUT2D eigenvalue weighted by Crippen LogP contribution is 2.29. The number of aromatic nitrogens is 3. The van der Waals surface area contributed by atoms with Crippen molar-refractivity contribution in [1.82, 2.24) is 25.8 Å². The largest absolute Gasteiger partial charge is 0.471 e. The Hall–Kier alpha value is -2.49. The van der Waals surface area contributed by atoms with Crippen molar-refractivity contribution in [3.63, 3.8) is 0 Å². The summed E-state index contributed by atoms with van der Waals surface area (Å²) in [5, 5.41) is 9.28. The average molecular weight is 355 g/mol. The van der Waals surface area contributed by atoms with Gasteiger partial charge in [0.15, 0.2) is 0 Å². The van der Waals surface area contributed by atoms with Gasteiger partial charge in [-0.3, -0.25) is 9.78 Å². The molecule has 7 nitrogen and oxygen atoms in total. The van der Waals surface area contributed by atoms with Crippen molar-refractivity contribution >= 4 is 5.91 Å². The summed E-state index contributed by atoms with van der Waals surface area (Å²) < 4.78 is 41.6. The van der Waals surface area contributed by atoms with E-state index in [9.17, 15) is 18.0 Å². The van der Waals surface area contributed by atoms with Gasteiger partial charge in [-0.1, -0.05) is 5.16 Å². The number of rotatable bonds is 4. The number of carbonyl (C=O) groups is 1. The number of nitrogens with one attached hydrogen (secondary N) is 2. The number of halogens is 3. The molecule has 2 aromatic heterocycles. The third-order valence-electron chi connectivity index (χ3n) is 3.82. The van der Waals surface area contributed by atoms with E-state index in [1.807, 2.05) is 0 Å². The fraction of sp³-hybridized carbons (Fsp3) is 0.467. The highest BCUT2D eigenvalue weighted by Gasteiger charge is 2.38. The second-order valence-corrected chi connectivity index (χ2v) is 5.68. The van der Waals surface area contributed by atoms with E-state index in [2.05, 4.69) is 30.3 Å². The summed E-state index contributed by atoms with van der Waals surface area (Å²) >= 11 is 0. The molecule has 2 aromatic rings. The lowest BCUT2D eigenvalue weighted by atomic mass is 10.1. The average Bonchev–Trinajstić information content (AvgIpc) is 2.99. The maximum Gasteiger partial charge on any atom is 0.471 e. The van der Waals surface area contributed by atoms with Crippen molar-refractivity contribution in [2.75, 3.05) is 6.54 Å². The van der Waals surface area contributed by atoms with Crippen LogP contribution < -0.4 is 10.6 Å². The molecule has 0 bridgehead atoms. The van der Waals surface area contributed by atoms with Crippen molar-refractivity contribution in [2.45, 2.75) is 38.0 Å². The Kier molecular flexibility index (Phi) is 4.98. The molecule has 1 fully saturated rings. The second kappa shape index (κ2) is 7.18. The zero-order valence-electron chi connectivity index (χ0n) is 13.1. The molecule has 10 heteroatoms. The van der Waals surface area contributed by atoms with Gasteiger partial charge in [-0.25, -0.2) is 0 Å². The number of nitrogens with zero attached hydrogens (tertiary/aromatic N) is 3. The highest BCUT2D eigenvalue weighted by molar-refractivity contribution is 5.81. The standard InChI is InChI=1S/C15H16F3N5O2/c16-15(17,18)14-22-12(23-25-14)9-4-5-10(20-7-9)8-21-11-3-1-2-6-19-13(11)24/h4-5,7,11,21H,1-3,6,8H2,(H,19,24). The molecule has 0 saturated carbocycles. The summed E-state index contributed by atoms with van der Waals surface area (Å²) in [4.78, 5) is 19.3. The highest BCUT2D eigenvalue weighted by atomic mass is 19.4. The Morgan fingerprint density at radius 1 is 1.32 bits per heavy atom. The molecule has 0 radical (unpaired) electrons. The van der Waals surface area contributed by atoms with Gasteiger partial charge in [0, 0.05) is 24.8 Å². The van der Waals surface area contributed by atoms with Crippen LogP contribution in [0.3, 0.4) is 0 Å². The molecular formula is C15H16F3N5O2. The molecule has 3 rings (SSSR count). The van der Waals surface area contributed by atoms with Crippen molar-refractivity contribution in [3.05, 3.63) is 29.9 Å². The van der Waals surface area contributed by atoms with E-state index in [0.717, 1.165) is 19.3 Å². The van der Waals surface area contributed by atoms with E-state index in [4.69, 9.17) is 0 Å². The van der Waals surface area contributed by atoms with Gasteiger partial charge in [0.05, 0.1) is 11.7 Å². The Bertz CT molecular complexity index is 730. The third-order valence-corrected chi connectivity index (χ3v) is 3.82. The molecule has 1 atom stereocenters. The summed E-state index contributed by atoms with van der Waals surface area (Å²) in [6, 6.07) is 2.93. The minimum absolute atomic E-state index is 0.0272. The second-order valence-electron chi connectivity index (χ2n) is 5.68. The number of hydrogen-bond acceptors (Lipinski definition) is 6. The van der Waals surface area contributed by atoms with Crippen molar-refractivity contribution < 1.29 is 22.5 Å². The number of hydrogen-bond donors (Lipinski definition) is 2. The Balaban J connectivity index is 1.62. The van der Waals surface area contributed by atoms with E-state index in [0.29, 0.717) is 24.3 Å². The van der Waals surface area contributed by atoms with Crippen LogP contribution in [0, 0.1) is 0 Å². The van der Waals surface area contributed by atoms with Gasteiger partial charge in [0.25, 0.3) is 0 Å². The van der Waals surface area contributed by atoms with Gasteiger partial charge in [-0.15, -0.1) is 0 Å². The predicted molar refractivity (Wildman–Crippen MR) is 80.0 cm³/mol. The molecular weight excluding hydrogens is 339 g/mol. The van der Waals surface area contributed by atoms with Gasteiger partial charge in [0.1, 0.15) is 0 Å². The molecule has 0 aliphatic carbocycles. The van der Waals surface area contributed by atoms with Crippen LogP contribution >= 0.6 is 0 Å². The van der Waals surface area contributed by atoms with Crippen LogP contribution in [0.25, 0.3) is 11.4 Å². The molecule has 1 unspecified atom stereocenters. The first kappa shape index (κ1) is 17.3. The molecule has 134 valence electrons.